The molecule has 1 saturated heterocycles. The lowest BCUT2D eigenvalue weighted by atomic mass is 9.92. The maximum Gasteiger partial charge on any atom is 0.288 e. The Morgan fingerprint density at radius 2 is 1.45 bits per heavy atom. The van der Waals surface area contributed by atoms with Crippen LogP contribution >= 0.6 is 0 Å². The summed E-state index contributed by atoms with van der Waals surface area (Å²) in [4.78, 5) is 15.6. The maximum absolute atomic E-state index is 13.9. The van der Waals surface area contributed by atoms with Crippen LogP contribution in [0.2, 0.25) is 0 Å². The number of furan rings is 1. The van der Waals surface area contributed by atoms with Crippen molar-refractivity contribution in [1.82, 2.24) is 4.90 Å². The summed E-state index contributed by atoms with van der Waals surface area (Å²) in [5, 5.41) is 10.3. The minimum atomic E-state index is -0.657. The zero-order valence-corrected chi connectivity index (χ0v) is 23.8. The molecule has 2 aliphatic rings. The minimum Gasteiger partial charge on any atom is -0.464 e. The number of amides is 1. The standard InChI is InChI=1S/C32H39NO9/c34-21-24-5-7-25(8-6-24)22-41-31-20-26(28-23-40-29-4-2-1-3-27(28)29)19-30(42-31)32(35)33-9-11-36-13-15-38-17-18-39-16-14-37-12-10-33/h1-8,19,23,26,31,34H,9-18,20-22H2/t26-,31+/m1/s1. The Balaban J connectivity index is 1.33. The lowest BCUT2D eigenvalue weighted by Crippen LogP contribution is -2.40. The Bertz CT molecular complexity index is 1270. The lowest BCUT2D eigenvalue weighted by molar-refractivity contribution is -0.156. The molecule has 10 nitrogen and oxygen atoms in total. The van der Waals surface area contributed by atoms with Gasteiger partial charge >= 0.3 is 0 Å². The topological polar surface area (TPSA) is 109 Å². The molecule has 0 unspecified atom stereocenters. The van der Waals surface area contributed by atoms with Gasteiger partial charge in [-0.2, -0.15) is 0 Å². The van der Waals surface area contributed by atoms with Crippen molar-refractivity contribution in [3.8, 4) is 0 Å². The van der Waals surface area contributed by atoms with E-state index in [1.54, 1.807) is 11.2 Å². The fraction of sp³-hybridized carbons (Fsp3) is 0.469. The van der Waals surface area contributed by atoms with E-state index in [2.05, 4.69) is 0 Å². The molecule has 2 aromatic carbocycles. The first kappa shape index (κ1) is 30.2. The fourth-order valence-electron chi connectivity index (χ4n) is 4.93. The van der Waals surface area contributed by atoms with E-state index < -0.39 is 6.29 Å². The van der Waals surface area contributed by atoms with Crippen LogP contribution in [-0.2, 0) is 46.4 Å². The van der Waals surface area contributed by atoms with Gasteiger partial charge in [0.15, 0.2) is 5.76 Å². The average Bonchev–Trinajstić information content (AvgIpc) is 3.46. The number of benzene rings is 2. The van der Waals surface area contributed by atoms with Crippen molar-refractivity contribution in [2.24, 2.45) is 0 Å². The molecule has 3 heterocycles. The van der Waals surface area contributed by atoms with Crippen molar-refractivity contribution < 1.29 is 42.7 Å². The van der Waals surface area contributed by atoms with Crippen molar-refractivity contribution in [3.05, 3.63) is 83.3 Å². The number of rotatable bonds is 6. The second kappa shape index (κ2) is 15.8. The molecule has 2 atom stereocenters. The summed E-state index contributed by atoms with van der Waals surface area (Å²) < 4.78 is 40.7. The summed E-state index contributed by atoms with van der Waals surface area (Å²) in [6.45, 7) is 4.55. The largest absolute Gasteiger partial charge is 0.464 e. The number of fused-ring (bicyclic) bond motifs is 1. The molecule has 1 fully saturated rings. The van der Waals surface area contributed by atoms with Gasteiger partial charge in [-0.15, -0.1) is 0 Å². The Labute approximate surface area is 245 Å². The number of hydrogen-bond acceptors (Lipinski definition) is 9. The number of aliphatic hydroxyl groups is 1. The van der Waals surface area contributed by atoms with E-state index >= 15 is 0 Å². The van der Waals surface area contributed by atoms with Crippen molar-refractivity contribution >= 4 is 16.9 Å². The third-order valence-corrected chi connectivity index (χ3v) is 7.23. The Morgan fingerprint density at radius 3 is 2.12 bits per heavy atom. The molecule has 0 aliphatic carbocycles. The molecule has 0 radical (unpaired) electrons. The van der Waals surface area contributed by atoms with E-state index in [0.717, 1.165) is 27.7 Å². The summed E-state index contributed by atoms with van der Waals surface area (Å²) in [5.74, 6) is -0.187. The van der Waals surface area contributed by atoms with Gasteiger partial charge in [-0.05, 0) is 23.3 Å². The molecule has 10 heteroatoms. The van der Waals surface area contributed by atoms with Crippen LogP contribution in [-0.4, -0.2) is 88.1 Å². The predicted molar refractivity (Wildman–Crippen MR) is 154 cm³/mol. The zero-order chi connectivity index (χ0) is 29.0. The SMILES string of the molecule is O=C(C1=C[C@@H](c2coc3ccccc23)C[C@@H](OCc2ccc(CO)cc2)O1)N1CCOCCOCCOCCOCC1. The Morgan fingerprint density at radius 1 is 0.833 bits per heavy atom. The van der Waals surface area contributed by atoms with E-state index in [0.29, 0.717) is 79.0 Å². The second-order valence-corrected chi connectivity index (χ2v) is 10.1. The van der Waals surface area contributed by atoms with Gasteiger partial charge in [0.05, 0.1) is 72.3 Å². The van der Waals surface area contributed by atoms with Crippen LogP contribution in [0.25, 0.3) is 11.0 Å². The van der Waals surface area contributed by atoms with E-state index in [9.17, 15) is 9.90 Å². The Hall–Kier alpha value is -3.25. The summed E-state index contributed by atoms with van der Waals surface area (Å²) in [6, 6.07) is 15.4. The van der Waals surface area contributed by atoms with Gasteiger partial charge in [0.2, 0.25) is 6.29 Å². The summed E-state index contributed by atoms with van der Waals surface area (Å²) in [5.41, 5.74) is 3.53. The molecule has 2 aliphatic heterocycles. The number of carbonyl (C=O) groups excluding carboxylic acids is 1. The van der Waals surface area contributed by atoms with E-state index in [-0.39, 0.29) is 24.2 Å². The molecule has 1 N–H and O–H groups in total. The normalized spacial score (nSPS) is 21.6. The minimum absolute atomic E-state index is 0.0163. The highest BCUT2D eigenvalue weighted by Gasteiger charge is 2.32. The first-order chi connectivity index (χ1) is 20.7. The smallest absolute Gasteiger partial charge is 0.288 e. The first-order valence-electron chi connectivity index (χ1n) is 14.5. The number of nitrogens with zero attached hydrogens (tertiary/aromatic N) is 1. The van der Waals surface area contributed by atoms with Crippen LogP contribution in [0.4, 0.5) is 0 Å². The molecule has 0 spiro atoms. The van der Waals surface area contributed by atoms with Gasteiger partial charge in [0.1, 0.15) is 5.58 Å². The Kier molecular flexibility index (Phi) is 11.4. The van der Waals surface area contributed by atoms with Crippen molar-refractivity contribution in [1.29, 1.82) is 0 Å². The quantitative estimate of drug-likeness (QED) is 0.465. The average molecular weight is 582 g/mol. The van der Waals surface area contributed by atoms with E-state index in [1.807, 2.05) is 54.6 Å². The maximum atomic E-state index is 13.9. The monoisotopic (exact) mass is 581 g/mol. The third kappa shape index (κ3) is 8.41. The van der Waals surface area contributed by atoms with Gasteiger partial charge in [0.25, 0.3) is 5.91 Å². The number of carbonyl (C=O) groups is 1. The van der Waals surface area contributed by atoms with Gasteiger partial charge in [0, 0.05) is 36.4 Å². The summed E-state index contributed by atoms with van der Waals surface area (Å²) >= 11 is 0. The van der Waals surface area contributed by atoms with Gasteiger partial charge in [-0.1, -0.05) is 42.5 Å². The van der Waals surface area contributed by atoms with Gasteiger partial charge in [-0.3, -0.25) is 4.79 Å². The highest BCUT2D eigenvalue weighted by atomic mass is 16.7. The first-order valence-corrected chi connectivity index (χ1v) is 14.5. The molecule has 0 saturated carbocycles. The molecule has 1 aromatic heterocycles. The van der Waals surface area contributed by atoms with E-state index in [1.165, 1.54) is 0 Å². The summed E-state index contributed by atoms with van der Waals surface area (Å²) in [6.07, 6.45) is 3.48. The van der Waals surface area contributed by atoms with E-state index in [4.69, 9.17) is 32.8 Å². The van der Waals surface area contributed by atoms with Crippen molar-refractivity contribution in [2.45, 2.75) is 31.8 Å². The lowest BCUT2D eigenvalue weighted by Gasteiger charge is -2.31. The molecular formula is C32H39NO9. The van der Waals surface area contributed by atoms with Crippen LogP contribution in [0.1, 0.15) is 29.0 Å². The molecule has 1 amide bonds. The molecule has 3 aromatic rings. The number of para-hydroxylation sites is 1. The number of allylic oxidation sites excluding steroid dienone is 1. The van der Waals surface area contributed by atoms with Crippen LogP contribution in [0.5, 0.6) is 0 Å². The van der Waals surface area contributed by atoms with Crippen LogP contribution in [0.15, 0.2) is 71.0 Å². The van der Waals surface area contributed by atoms with Gasteiger partial charge < -0.3 is 42.8 Å². The number of hydrogen-bond donors (Lipinski definition) is 1. The molecule has 42 heavy (non-hydrogen) atoms. The third-order valence-electron chi connectivity index (χ3n) is 7.23. The van der Waals surface area contributed by atoms with Crippen molar-refractivity contribution in [3.63, 3.8) is 0 Å². The van der Waals surface area contributed by atoms with Crippen LogP contribution in [0.3, 0.4) is 0 Å². The fourth-order valence-corrected chi connectivity index (χ4v) is 4.93. The second-order valence-electron chi connectivity index (χ2n) is 10.1. The van der Waals surface area contributed by atoms with Crippen LogP contribution in [0, 0.1) is 0 Å². The molecule has 0 bridgehead atoms. The van der Waals surface area contributed by atoms with Crippen molar-refractivity contribution in [2.75, 3.05) is 65.9 Å². The highest BCUT2D eigenvalue weighted by molar-refractivity contribution is 5.92. The predicted octanol–water partition coefficient (Wildman–Crippen LogP) is 3.76. The van der Waals surface area contributed by atoms with Gasteiger partial charge in [-0.25, -0.2) is 0 Å². The number of ether oxygens (including phenoxy) is 6. The molecule has 226 valence electrons. The zero-order valence-electron chi connectivity index (χ0n) is 23.8. The molecular weight excluding hydrogens is 542 g/mol. The van der Waals surface area contributed by atoms with Crippen LogP contribution < -0.4 is 0 Å². The highest BCUT2D eigenvalue weighted by Crippen LogP contribution is 2.37. The number of aliphatic hydroxyl groups excluding tert-OH is 1. The molecule has 5 rings (SSSR count). The summed E-state index contributed by atoms with van der Waals surface area (Å²) in [7, 11) is 0.